The predicted octanol–water partition coefficient (Wildman–Crippen LogP) is 1.43. The molecule has 3 N–H and O–H groups in total. The molecule has 0 atom stereocenters. The molecule has 5 heteroatoms. The Morgan fingerprint density at radius 1 is 1.20 bits per heavy atom. The van der Waals surface area contributed by atoms with Gasteiger partial charge < -0.3 is 15.5 Å². The molecule has 0 aliphatic carbocycles. The number of benzene rings is 1. The Labute approximate surface area is 86.4 Å². The standard InChI is InChI=1S/C10H11NO4/c1-5-6(9(12)13)3-4-7(11-2)8(5)10(14)15/h3-4,11H,1-2H3,(H,12,13)(H,14,15). The van der Waals surface area contributed by atoms with E-state index in [1.807, 2.05) is 0 Å². The lowest BCUT2D eigenvalue weighted by molar-refractivity contribution is 0.0696. The number of anilines is 1. The van der Waals surface area contributed by atoms with Crippen LogP contribution >= 0.6 is 0 Å². The molecule has 0 saturated heterocycles. The minimum Gasteiger partial charge on any atom is -0.478 e. The number of carbonyl (C=O) groups is 2. The first kappa shape index (κ1) is 11.0. The average molecular weight is 209 g/mol. The zero-order valence-corrected chi connectivity index (χ0v) is 8.37. The molecule has 0 aliphatic rings. The topological polar surface area (TPSA) is 86.6 Å². The number of rotatable bonds is 3. The van der Waals surface area contributed by atoms with E-state index in [2.05, 4.69) is 5.32 Å². The van der Waals surface area contributed by atoms with Crippen LogP contribution in [0.3, 0.4) is 0 Å². The molecule has 0 aliphatic heterocycles. The van der Waals surface area contributed by atoms with Crippen molar-refractivity contribution in [1.82, 2.24) is 0 Å². The highest BCUT2D eigenvalue weighted by atomic mass is 16.4. The number of nitrogens with one attached hydrogen (secondary N) is 1. The zero-order valence-electron chi connectivity index (χ0n) is 8.37. The normalized spacial score (nSPS) is 9.73. The molecule has 1 aromatic rings. The Bertz CT molecular complexity index is 426. The minimum atomic E-state index is -1.14. The van der Waals surface area contributed by atoms with Gasteiger partial charge in [-0.1, -0.05) is 0 Å². The van der Waals surface area contributed by atoms with Crippen molar-refractivity contribution in [1.29, 1.82) is 0 Å². The number of hydrogen-bond acceptors (Lipinski definition) is 3. The maximum absolute atomic E-state index is 10.9. The second kappa shape index (κ2) is 4.00. The number of aromatic carboxylic acids is 2. The summed E-state index contributed by atoms with van der Waals surface area (Å²) in [5.74, 6) is -2.27. The van der Waals surface area contributed by atoms with Crippen LogP contribution in [0.25, 0.3) is 0 Å². The van der Waals surface area contributed by atoms with Crippen molar-refractivity contribution < 1.29 is 19.8 Å². The second-order valence-electron chi connectivity index (χ2n) is 3.02. The SMILES string of the molecule is CNc1ccc(C(=O)O)c(C)c1C(=O)O. The van der Waals surface area contributed by atoms with Crippen LogP contribution in [0.5, 0.6) is 0 Å². The monoisotopic (exact) mass is 209 g/mol. The molecular formula is C10H11NO4. The zero-order chi connectivity index (χ0) is 11.6. The molecule has 80 valence electrons. The van der Waals surface area contributed by atoms with Crippen LogP contribution in [0, 0.1) is 6.92 Å². The van der Waals surface area contributed by atoms with Gasteiger partial charge in [0.2, 0.25) is 0 Å². The molecular weight excluding hydrogens is 198 g/mol. The Balaban J connectivity index is 3.49. The van der Waals surface area contributed by atoms with E-state index in [0.717, 1.165) is 0 Å². The van der Waals surface area contributed by atoms with Gasteiger partial charge in [-0.25, -0.2) is 9.59 Å². The van der Waals surface area contributed by atoms with E-state index in [1.165, 1.54) is 19.1 Å². The van der Waals surface area contributed by atoms with Gasteiger partial charge in [0.15, 0.2) is 0 Å². The Morgan fingerprint density at radius 3 is 2.20 bits per heavy atom. The number of hydrogen-bond donors (Lipinski definition) is 3. The third kappa shape index (κ3) is 1.90. The maximum Gasteiger partial charge on any atom is 0.338 e. The molecule has 1 aromatic carbocycles. The van der Waals surface area contributed by atoms with Gasteiger partial charge >= 0.3 is 11.9 Å². The molecule has 0 unspecified atom stereocenters. The first-order valence-corrected chi connectivity index (χ1v) is 4.27. The van der Waals surface area contributed by atoms with E-state index < -0.39 is 11.9 Å². The van der Waals surface area contributed by atoms with Gasteiger partial charge in [0.1, 0.15) is 0 Å². The van der Waals surface area contributed by atoms with Crippen molar-refractivity contribution in [2.45, 2.75) is 6.92 Å². The van der Waals surface area contributed by atoms with Crippen molar-refractivity contribution in [3.63, 3.8) is 0 Å². The molecule has 15 heavy (non-hydrogen) atoms. The Morgan fingerprint density at radius 2 is 1.80 bits per heavy atom. The van der Waals surface area contributed by atoms with E-state index in [-0.39, 0.29) is 16.7 Å². The second-order valence-corrected chi connectivity index (χ2v) is 3.02. The average Bonchev–Trinajstić information content (AvgIpc) is 2.15. The molecule has 1 rings (SSSR count). The lowest BCUT2D eigenvalue weighted by atomic mass is 10.0. The van der Waals surface area contributed by atoms with E-state index in [1.54, 1.807) is 7.05 Å². The largest absolute Gasteiger partial charge is 0.478 e. The van der Waals surface area contributed by atoms with Crippen LogP contribution in [0.2, 0.25) is 0 Å². The summed E-state index contributed by atoms with van der Waals surface area (Å²) in [5.41, 5.74) is 0.663. The van der Waals surface area contributed by atoms with Gasteiger partial charge in [-0.3, -0.25) is 0 Å². The fourth-order valence-corrected chi connectivity index (χ4v) is 1.43. The van der Waals surface area contributed by atoms with Gasteiger partial charge in [0.25, 0.3) is 0 Å². The van der Waals surface area contributed by atoms with Crippen LogP contribution in [0.15, 0.2) is 12.1 Å². The lowest BCUT2D eigenvalue weighted by Gasteiger charge is -2.10. The van der Waals surface area contributed by atoms with Crippen molar-refractivity contribution in [3.8, 4) is 0 Å². The van der Waals surface area contributed by atoms with E-state index in [0.29, 0.717) is 5.69 Å². The molecule has 0 spiro atoms. The minimum absolute atomic E-state index is 0.00241. The van der Waals surface area contributed by atoms with Gasteiger partial charge in [-0.05, 0) is 24.6 Å². The highest BCUT2D eigenvalue weighted by Crippen LogP contribution is 2.22. The maximum atomic E-state index is 10.9. The van der Waals surface area contributed by atoms with Crippen molar-refractivity contribution in [3.05, 3.63) is 28.8 Å². The van der Waals surface area contributed by atoms with Gasteiger partial charge in [0, 0.05) is 12.7 Å². The van der Waals surface area contributed by atoms with Crippen molar-refractivity contribution >= 4 is 17.6 Å². The predicted molar refractivity (Wildman–Crippen MR) is 54.6 cm³/mol. The van der Waals surface area contributed by atoms with Crippen LogP contribution < -0.4 is 5.32 Å². The van der Waals surface area contributed by atoms with E-state index in [4.69, 9.17) is 10.2 Å². The van der Waals surface area contributed by atoms with Crippen LogP contribution in [-0.4, -0.2) is 29.2 Å². The first-order valence-electron chi connectivity index (χ1n) is 4.27. The number of carboxylic acids is 2. The van der Waals surface area contributed by atoms with E-state index >= 15 is 0 Å². The highest BCUT2D eigenvalue weighted by molar-refractivity contribution is 6.00. The van der Waals surface area contributed by atoms with Gasteiger partial charge in [0.05, 0.1) is 11.1 Å². The summed E-state index contributed by atoms with van der Waals surface area (Å²) >= 11 is 0. The van der Waals surface area contributed by atoms with Crippen LogP contribution in [0.1, 0.15) is 26.3 Å². The molecule has 0 amide bonds. The summed E-state index contributed by atoms with van der Waals surface area (Å²) in [7, 11) is 1.58. The molecule has 0 fully saturated rings. The third-order valence-electron chi connectivity index (χ3n) is 2.18. The third-order valence-corrected chi connectivity index (χ3v) is 2.18. The first-order chi connectivity index (χ1) is 6.99. The summed E-state index contributed by atoms with van der Waals surface area (Å²) in [6.45, 7) is 1.48. The Kier molecular flexibility index (Phi) is 2.94. The highest BCUT2D eigenvalue weighted by Gasteiger charge is 2.18. The quantitative estimate of drug-likeness (QED) is 0.701. The van der Waals surface area contributed by atoms with E-state index in [9.17, 15) is 9.59 Å². The summed E-state index contributed by atoms with van der Waals surface area (Å²) in [4.78, 5) is 21.7. The van der Waals surface area contributed by atoms with Crippen molar-refractivity contribution in [2.75, 3.05) is 12.4 Å². The molecule has 0 bridgehead atoms. The molecule has 0 saturated carbocycles. The van der Waals surface area contributed by atoms with Crippen molar-refractivity contribution in [2.24, 2.45) is 0 Å². The molecule has 0 radical (unpaired) electrons. The molecule has 0 heterocycles. The molecule has 5 nitrogen and oxygen atoms in total. The fraction of sp³-hybridized carbons (Fsp3) is 0.200. The smallest absolute Gasteiger partial charge is 0.338 e. The summed E-state index contributed by atoms with van der Waals surface area (Å²) in [6, 6.07) is 2.83. The summed E-state index contributed by atoms with van der Waals surface area (Å²) < 4.78 is 0. The molecule has 0 aromatic heterocycles. The number of carboxylic acid groups (broad SMARTS) is 2. The lowest BCUT2D eigenvalue weighted by Crippen LogP contribution is -2.10. The van der Waals surface area contributed by atoms with Gasteiger partial charge in [-0.2, -0.15) is 0 Å². The van der Waals surface area contributed by atoms with Crippen LogP contribution in [0.4, 0.5) is 5.69 Å². The fourth-order valence-electron chi connectivity index (χ4n) is 1.43. The summed E-state index contributed by atoms with van der Waals surface area (Å²) in [5, 5.41) is 20.5. The Hall–Kier alpha value is -2.04. The van der Waals surface area contributed by atoms with Gasteiger partial charge in [-0.15, -0.1) is 0 Å². The van der Waals surface area contributed by atoms with Crippen LogP contribution in [-0.2, 0) is 0 Å². The summed E-state index contributed by atoms with van der Waals surface area (Å²) in [6.07, 6.45) is 0.